The van der Waals surface area contributed by atoms with E-state index in [9.17, 15) is 4.79 Å². The number of ether oxygens (including phenoxy) is 1. The predicted octanol–water partition coefficient (Wildman–Crippen LogP) is 1.37. The molecule has 0 aromatic rings. The SMILES string of the molecule is CC(=O)OCC=CC(C)(C)OO. The zero-order valence-electron chi connectivity index (χ0n) is 7.53. The Morgan fingerprint density at radius 2 is 2.17 bits per heavy atom. The maximum Gasteiger partial charge on any atom is 0.302 e. The topological polar surface area (TPSA) is 55.8 Å². The Bertz CT molecular complexity index is 172. The van der Waals surface area contributed by atoms with Gasteiger partial charge in [-0.2, -0.15) is 0 Å². The number of hydrogen-bond acceptors (Lipinski definition) is 4. The van der Waals surface area contributed by atoms with E-state index >= 15 is 0 Å². The van der Waals surface area contributed by atoms with Gasteiger partial charge < -0.3 is 4.74 Å². The Hall–Kier alpha value is -0.870. The summed E-state index contributed by atoms with van der Waals surface area (Å²) in [6.45, 7) is 4.89. The summed E-state index contributed by atoms with van der Waals surface area (Å²) in [5, 5.41) is 8.34. The Kier molecular flexibility index (Phi) is 4.54. The molecule has 0 rings (SSSR count). The highest BCUT2D eigenvalue weighted by molar-refractivity contribution is 5.65. The maximum atomic E-state index is 10.3. The lowest BCUT2D eigenvalue weighted by molar-refractivity contribution is -0.297. The lowest BCUT2D eigenvalue weighted by Gasteiger charge is -2.14. The first-order chi connectivity index (χ1) is 5.48. The van der Waals surface area contributed by atoms with Gasteiger partial charge in [-0.3, -0.25) is 10.1 Å². The summed E-state index contributed by atoms with van der Waals surface area (Å²) in [6.07, 6.45) is 3.22. The van der Waals surface area contributed by atoms with Crippen molar-refractivity contribution in [3.05, 3.63) is 12.2 Å². The average molecular weight is 174 g/mol. The van der Waals surface area contributed by atoms with Crippen LogP contribution in [0.15, 0.2) is 12.2 Å². The fraction of sp³-hybridized carbons (Fsp3) is 0.625. The second kappa shape index (κ2) is 4.90. The summed E-state index contributed by atoms with van der Waals surface area (Å²) >= 11 is 0. The molecule has 0 saturated carbocycles. The van der Waals surface area contributed by atoms with Crippen molar-refractivity contribution < 1.29 is 19.7 Å². The molecule has 0 bridgehead atoms. The molecule has 1 N–H and O–H groups in total. The van der Waals surface area contributed by atoms with Crippen molar-refractivity contribution in [2.24, 2.45) is 0 Å². The number of carbonyl (C=O) groups is 1. The molecule has 4 heteroatoms. The van der Waals surface area contributed by atoms with Crippen molar-refractivity contribution in [1.29, 1.82) is 0 Å². The molecule has 0 aromatic carbocycles. The van der Waals surface area contributed by atoms with Crippen LogP contribution >= 0.6 is 0 Å². The van der Waals surface area contributed by atoms with Crippen LogP contribution in [0.4, 0.5) is 0 Å². The first-order valence-corrected chi connectivity index (χ1v) is 3.61. The molecule has 12 heavy (non-hydrogen) atoms. The van der Waals surface area contributed by atoms with E-state index < -0.39 is 5.60 Å². The second-order valence-electron chi connectivity index (χ2n) is 2.90. The maximum absolute atomic E-state index is 10.3. The van der Waals surface area contributed by atoms with Crippen LogP contribution in [0.5, 0.6) is 0 Å². The van der Waals surface area contributed by atoms with Crippen molar-refractivity contribution in [2.75, 3.05) is 6.61 Å². The summed E-state index contributed by atoms with van der Waals surface area (Å²) in [4.78, 5) is 14.4. The minimum Gasteiger partial charge on any atom is -0.462 e. The normalized spacial score (nSPS) is 12.0. The highest BCUT2D eigenvalue weighted by Gasteiger charge is 2.12. The highest BCUT2D eigenvalue weighted by Crippen LogP contribution is 2.07. The molecule has 0 spiro atoms. The van der Waals surface area contributed by atoms with Gasteiger partial charge >= 0.3 is 5.97 Å². The molecule has 0 fully saturated rings. The minimum absolute atomic E-state index is 0.197. The van der Waals surface area contributed by atoms with Crippen LogP contribution in [0.2, 0.25) is 0 Å². The van der Waals surface area contributed by atoms with Gasteiger partial charge in [-0.15, -0.1) is 0 Å². The summed E-state index contributed by atoms with van der Waals surface area (Å²) < 4.78 is 4.62. The molecule has 0 aromatic heterocycles. The van der Waals surface area contributed by atoms with E-state index in [0.717, 1.165) is 0 Å². The molecule has 0 aliphatic carbocycles. The second-order valence-corrected chi connectivity index (χ2v) is 2.90. The highest BCUT2D eigenvalue weighted by atomic mass is 17.1. The Labute approximate surface area is 71.7 Å². The van der Waals surface area contributed by atoms with Gasteiger partial charge in [0, 0.05) is 6.92 Å². The lowest BCUT2D eigenvalue weighted by atomic mass is 10.1. The van der Waals surface area contributed by atoms with E-state index in [2.05, 4.69) is 9.62 Å². The molecule has 0 aliphatic heterocycles. The summed E-state index contributed by atoms with van der Waals surface area (Å²) in [7, 11) is 0. The van der Waals surface area contributed by atoms with E-state index in [0.29, 0.717) is 0 Å². The molecule has 0 heterocycles. The number of rotatable bonds is 4. The average Bonchev–Trinajstić information content (AvgIpc) is 1.98. The monoisotopic (exact) mass is 174 g/mol. The third-order valence-electron chi connectivity index (χ3n) is 1.14. The minimum atomic E-state index is -0.736. The van der Waals surface area contributed by atoms with Crippen molar-refractivity contribution in [3.63, 3.8) is 0 Å². The lowest BCUT2D eigenvalue weighted by Crippen LogP contribution is -2.19. The van der Waals surface area contributed by atoms with Crippen LogP contribution in [0, 0.1) is 0 Å². The number of esters is 1. The molecule has 4 nitrogen and oxygen atoms in total. The van der Waals surface area contributed by atoms with E-state index in [1.165, 1.54) is 6.92 Å². The van der Waals surface area contributed by atoms with E-state index in [1.807, 2.05) is 0 Å². The quantitative estimate of drug-likeness (QED) is 0.303. The van der Waals surface area contributed by atoms with Gasteiger partial charge in [0.2, 0.25) is 0 Å². The Morgan fingerprint density at radius 1 is 1.58 bits per heavy atom. The molecule has 0 radical (unpaired) electrons. The third-order valence-corrected chi connectivity index (χ3v) is 1.14. The molecular formula is C8H14O4. The third kappa shape index (κ3) is 5.88. The predicted molar refractivity (Wildman–Crippen MR) is 43.6 cm³/mol. The van der Waals surface area contributed by atoms with Crippen LogP contribution < -0.4 is 0 Å². The van der Waals surface area contributed by atoms with Crippen LogP contribution in [-0.4, -0.2) is 23.4 Å². The van der Waals surface area contributed by atoms with E-state index in [1.54, 1.807) is 26.0 Å². The van der Waals surface area contributed by atoms with Gasteiger partial charge in [-0.25, -0.2) is 4.89 Å². The van der Waals surface area contributed by atoms with Gasteiger partial charge in [0.15, 0.2) is 0 Å². The largest absolute Gasteiger partial charge is 0.462 e. The molecule has 0 unspecified atom stereocenters. The zero-order chi connectivity index (χ0) is 9.61. The van der Waals surface area contributed by atoms with Crippen LogP contribution in [0.25, 0.3) is 0 Å². The summed E-state index contributed by atoms with van der Waals surface area (Å²) in [6, 6.07) is 0. The summed E-state index contributed by atoms with van der Waals surface area (Å²) in [5.41, 5.74) is -0.736. The van der Waals surface area contributed by atoms with Crippen LogP contribution in [-0.2, 0) is 14.4 Å². The van der Waals surface area contributed by atoms with Gasteiger partial charge in [0.1, 0.15) is 12.2 Å². The van der Waals surface area contributed by atoms with E-state index in [-0.39, 0.29) is 12.6 Å². The fourth-order valence-corrected chi connectivity index (χ4v) is 0.528. The molecule has 0 amide bonds. The van der Waals surface area contributed by atoms with Crippen molar-refractivity contribution >= 4 is 5.97 Å². The number of hydrogen-bond donors (Lipinski definition) is 1. The molecule has 0 atom stereocenters. The van der Waals surface area contributed by atoms with Crippen LogP contribution in [0.1, 0.15) is 20.8 Å². The first kappa shape index (κ1) is 11.1. The van der Waals surface area contributed by atoms with Gasteiger partial charge in [0.05, 0.1) is 0 Å². The van der Waals surface area contributed by atoms with Gasteiger partial charge in [0.25, 0.3) is 0 Å². The first-order valence-electron chi connectivity index (χ1n) is 3.61. The molecular weight excluding hydrogens is 160 g/mol. The van der Waals surface area contributed by atoms with Crippen molar-refractivity contribution in [1.82, 2.24) is 0 Å². The molecule has 0 saturated heterocycles. The summed E-state index contributed by atoms with van der Waals surface area (Å²) in [5.74, 6) is -0.331. The van der Waals surface area contributed by atoms with E-state index in [4.69, 9.17) is 5.26 Å². The smallest absolute Gasteiger partial charge is 0.302 e. The van der Waals surface area contributed by atoms with Gasteiger partial charge in [-0.1, -0.05) is 6.08 Å². The standard InChI is InChI=1S/C8H14O4/c1-7(9)11-6-4-5-8(2,3)12-10/h4-5,10H,6H2,1-3H3. The van der Waals surface area contributed by atoms with Crippen molar-refractivity contribution in [2.45, 2.75) is 26.4 Å². The Balaban J connectivity index is 3.68. The van der Waals surface area contributed by atoms with Crippen LogP contribution in [0.3, 0.4) is 0 Å². The number of carbonyl (C=O) groups excluding carboxylic acids is 1. The van der Waals surface area contributed by atoms with Gasteiger partial charge in [-0.05, 0) is 19.9 Å². The molecule has 70 valence electrons. The zero-order valence-corrected chi connectivity index (χ0v) is 7.53. The molecule has 0 aliphatic rings. The fourth-order valence-electron chi connectivity index (χ4n) is 0.528. The van der Waals surface area contributed by atoms with Crippen molar-refractivity contribution in [3.8, 4) is 0 Å². The Morgan fingerprint density at radius 3 is 2.58 bits per heavy atom.